The number of benzene rings is 1. The van der Waals surface area contributed by atoms with E-state index in [9.17, 15) is 18.0 Å². The quantitative estimate of drug-likeness (QED) is 0.574. The first-order valence-corrected chi connectivity index (χ1v) is 10.1. The molecule has 2 heterocycles. The normalized spacial score (nSPS) is 24.1. The fraction of sp³-hybridized carbons (Fsp3) is 0.471. The van der Waals surface area contributed by atoms with E-state index in [1.54, 1.807) is 24.3 Å². The van der Waals surface area contributed by atoms with Crippen molar-refractivity contribution in [3.63, 3.8) is 0 Å². The van der Waals surface area contributed by atoms with Crippen molar-refractivity contribution in [2.75, 3.05) is 18.8 Å². The molecule has 2 aliphatic rings. The topological polar surface area (TPSA) is 109 Å². The van der Waals surface area contributed by atoms with Crippen LogP contribution in [0.15, 0.2) is 24.3 Å². The van der Waals surface area contributed by atoms with Crippen LogP contribution in [-0.4, -0.2) is 55.1 Å². The van der Waals surface area contributed by atoms with Gasteiger partial charge in [0.25, 0.3) is 5.91 Å². The van der Waals surface area contributed by atoms with Crippen molar-refractivity contribution < 1.29 is 22.7 Å². The summed E-state index contributed by atoms with van der Waals surface area (Å²) in [5.41, 5.74) is -0.937. The molecule has 2 saturated heterocycles. The molecule has 2 N–H and O–H groups in total. The molecule has 27 heavy (non-hydrogen) atoms. The highest BCUT2D eigenvalue weighted by atomic mass is 32.2. The van der Waals surface area contributed by atoms with E-state index in [2.05, 4.69) is 15.5 Å². The monoisotopic (exact) mass is 392 g/mol. The lowest BCUT2D eigenvalue weighted by atomic mass is 10.1. The van der Waals surface area contributed by atoms with Crippen molar-refractivity contribution in [2.45, 2.75) is 31.4 Å². The maximum Gasteiger partial charge on any atom is 0.322 e. The van der Waals surface area contributed by atoms with E-state index in [0.29, 0.717) is 24.3 Å². The molecule has 0 aromatic heterocycles. The smallest absolute Gasteiger partial charge is 0.322 e. The SMILES string of the molecule is [C-]#[N+]c1ccc(OC2CCN(S(=O)(=O)C[C@@]3(C)NC(=O)NC3=O)CC2)cc1. The molecule has 0 radical (unpaired) electrons. The van der Waals surface area contributed by atoms with E-state index in [-0.39, 0.29) is 19.2 Å². The van der Waals surface area contributed by atoms with Crippen LogP contribution in [0.3, 0.4) is 0 Å². The van der Waals surface area contributed by atoms with Gasteiger partial charge >= 0.3 is 6.03 Å². The Balaban J connectivity index is 1.57. The third kappa shape index (κ3) is 4.20. The average Bonchev–Trinajstić information content (AvgIpc) is 2.87. The fourth-order valence-corrected chi connectivity index (χ4v) is 5.04. The Morgan fingerprint density at radius 3 is 2.41 bits per heavy atom. The van der Waals surface area contributed by atoms with Gasteiger partial charge in [-0.3, -0.25) is 10.1 Å². The first-order valence-electron chi connectivity index (χ1n) is 8.47. The summed E-state index contributed by atoms with van der Waals surface area (Å²) >= 11 is 0. The maximum atomic E-state index is 12.7. The Morgan fingerprint density at radius 2 is 1.89 bits per heavy atom. The molecule has 0 saturated carbocycles. The fourth-order valence-electron chi connectivity index (χ4n) is 3.16. The van der Waals surface area contributed by atoms with Crippen LogP contribution in [0, 0.1) is 6.57 Å². The summed E-state index contributed by atoms with van der Waals surface area (Å²) in [6, 6.07) is 6.10. The Labute approximate surface area is 157 Å². The summed E-state index contributed by atoms with van der Waals surface area (Å²) in [6.45, 7) is 8.89. The number of nitrogens with zero attached hydrogens (tertiary/aromatic N) is 2. The minimum absolute atomic E-state index is 0.125. The molecule has 10 heteroatoms. The number of imide groups is 1. The third-order valence-corrected chi connectivity index (χ3v) is 6.75. The van der Waals surface area contributed by atoms with Crippen LogP contribution < -0.4 is 15.4 Å². The van der Waals surface area contributed by atoms with Crippen molar-refractivity contribution >= 4 is 27.6 Å². The van der Waals surface area contributed by atoms with Crippen LogP contribution in [0.2, 0.25) is 0 Å². The zero-order valence-corrected chi connectivity index (χ0v) is 15.6. The molecular weight excluding hydrogens is 372 g/mol. The first-order chi connectivity index (χ1) is 12.7. The second kappa shape index (κ2) is 7.17. The molecule has 1 aromatic carbocycles. The summed E-state index contributed by atoms with van der Waals surface area (Å²) in [7, 11) is -3.72. The number of sulfonamides is 1. The Kier molecular flexibility index (Phi) is 5.08. The van der Waals surface area contributed by atoms with Gasteiger partial charge in [0.15, 0.2) is 5.69 Å². The van der Waals surface area contributed by atoms with E-state index < -0.39 is 33.3 Å². The molecule has 144 valence electrons. The molecule has 0 spiro atoms. The standard InChI is InChI=1S/C17H20N4O5S/c1-17(15(22)19-16(23)20-17)11-27(24,25)21-9-7-14(8-10-21)26-13-5-3-12(18-2)4-6-13/h3-6,14H,7-11H2,1H3,(H2,19,20,22,23)/t17-/m1/s1. The summed E-state index contributed by atoms with van der Waals surface area (Å²) in [5.74, 6) is -0.486. The van der Waals surface area contributed by atoms with E-state index in [0.717, 1.165) is 0 Å². The average molecular weight is 392 g/mol. The number of urea groups is 1. The number of amides is 3. The van der Waals surface area contributed by atoms with Gasteiger partial charge in [0.2, 0.25) is 10.0 Å². The van der Waals surface area contributed by atoms with Gasteiger partial charge in [0, 0.05) is 13.1 Å². The maximum absolute atomic E-state index is 12.7. The highest BCUT2D eigenvalue weighted by Gasteiger charge is 2.46. The predicted molar refractivity (Wildman–Crippen MR) is 96.8 cm³/mol. The van der Waals surface area contributed by atoms with Gasteiger partial charge in [-0.05, 0) is 31.9 Å². The van der Waals surface area contributed by atoms with Gasteiger partial charge in [-0.15, -0.1) is 0 Å². The van der Waals surface area contributed by atoms with Gasteiger partial charge in [-0.1, -0.05) is 12.1 Å². The summed E-state index contributed by atoms with van der Waals surface area (Å²) in [4.78, 5) is 26.5. The molecule has 0 bridgehead atoms. The van der Waals surface area contributed by atoms with Crippen molar-refractivity contribution in [2.24, 2.45) is 0 Å². The zero-order chi connectivity index (χ0) is 19.7. The van der Waals surface area contributed by atoms with E-state index in [4.69, 9.17) is 11.3 Å². The predicted octanol–water partition coefficient (Wildman–Crippen LogP) is 1.01. The highest BCUT2D eigenvalue weighted by molar-refractivity contribution is 7.89. The number of hydrogen-bond acceptors (Lipinski definition) is 5. The van der Waals surface area contributed by atoms with Crippen LogP contribution in [0.4, 0.5) is 10.5 Å². The van der Waals surface area contributed by atoms with Crippen LogP contribution in [0.5, 0.6) is 5.75 Å². The molecule has 2 fully saturated rings. The number of nitrogens with one attached hydrogen (secondary N) is 2. The van der Waals surface area contributed by atoms with Crippen LogP contribution >= 0.6 is 0 Å². The minimum Gasteiger partial charge on any atom is -0.490 e. The van der Waals surface area contributed by atoms with Gasteiger partial charge in [0.05, 0.1) is 12.3 Å². The number of ether oxygens (including phenoxy) is 1. The second-order valence-electron chi connectivity index (χ2n) is 6.82. The molecule has 1 atom stereocenters. The molecule has 0 aliphatic carbocycles. The highest BCUT2D eigenvalue weighted by Crippen LogP contribution is 2.24. The van der Waals surface area contributed by atoms with Crippen molar-refractivity contribution in [3.05, 3.63) is 35.7 Å². The van der Waals surface area contributed by atoms with Gasteiger partial charge in [-0.25, -0.2) is 22.4 Å². The lowest BCUT2D eigenvalue weighted by Crippen LogP contribution is -2.53. The van der Waals surface area contributed by atoms with E-state index in [1.807, 2.05) is 0 Å². The summed E-state index contributed by atoms with van der Waals surface area (Å²) < 4.78 is 32.5. The number of hydrogen-bond donors (Lipinski definition) is 2. The van der Waals surface area contributed by atoms with Crippen molar-refractivity contribution in [3.8, 4) is 5.75 Å². The molecular formula is C17H20N4O5S. The molecule has 9 nitrogen and oxygen atoms in total. The number of carbonyl (C=O) groups excluding carboxylic acids is 2. The van der Waals surface area contributed by atoms with Gasteiger partial charge < -0.3 is 10.1 Å². The van der Waals surface area contributed by atoms with Crippen LogP contribution in [0.1, 0.15) is 19.8 Å². The molecule has 1 aromatic rings. The number of rotatable bonds is 5. The summed E-state index contributed by atoms with van der Waals surface area (Å²) in [6.07, 6.45) is 0.901. The molecule has 3 amide bonds. The van der Waals surface area contributed by atoms with E-state index in [1.165, 1.54) is 11.2 Å². The van der Waals surface area contributed by atoms with Gasteiger partial charge in [-0.2, -0.15) is 0 Å². The molecule has 2 aliphatic heterocycles. The lowest BCUT2D eigenvalue weighted by Gasteiger charge is -2.33. The second-order valence-corrected chi connectivity index (χ2v) is 8.79. The lowest BCUT2D eigenvalue weighted by molar-refractivity contribution is -0.122. The third-order valence-electron chi connectivity index (χ3n) is 4.65. The van der Waals surface area contributed by atoms with E-state index >= 15 is 0 Å². The summed E-state index contributed by atoms with van der Waals surface area (Å²) in [5, 5.41) is 4.44. The Hall–Kier alpha value is -2.64. The van der Waals surface area contributed by atoms with Crippen molar-refractivity contribution in [1.82, 2.24) is 14.9 Å². The van der Waals surface area contributed by atoms with Crippen molar-refractivity contribution in [1.29, 1.82) is 0 Å². The largest absolute Gasteiger partial charge is 0.490 e. The molecule has 3 rings (SSSR count). The van der Waals surface area contributed by atoms with Crippen LogP contribution in [-0.2, 0) is 14.8 Å². The Morgan fingerprint density at radius 1 is 1.26 bits per heavy atom. The Bertz CT molecular complexity index is 885. The number of piperidine rings is 1. The minimum atomic E-state index is -3.72. The van der Waals surface area contributed by atoms with Gasteiger partial charge in [0.1, 0.15) is 17.4 Å². The first kappa shape index (κ1) is 19.1. The number of carbonyl (C=O) groups is 2. The zero-order valence-electron chi connectivity index (χ0n) is 14.8. The molecule has 0 unspecified atom stereocenters. The van der Waals surface area contributed by atoms with Crippen LogP contribution in [0.25, 0.3) is 4.85 Å².